The lowest BCUT2D eigenvalue weighted by Gasteiger charge is -2.48. The van der Waals surface area contributed by atoms with Crippen molar-refractivity contribution in [1.82, 2.24) is 0 Å². The first-order valence-electron chi connectivity index (χ1n) is 9.24. The molecular formula is C23H20N2O2. The van der Waals surface area contributed by atoms with E-state index < -0.39 is 0 Å². The Kier molecular flexibility index (Phi) is 3.64. The molecule has 4 heteroatoms. The number of ether oxygens (including phenoxy) is 1. The zero-order valence-electron chi connectivity index (χ0n) is 15.0. The molecule has 2 aliphatic heterocycles. The molecule has 0 spiro atoms. The van der Waals surface area contributed by atoms with Crippen molar-refractivity contribution in [2.75, 3.05) is 10.2 Å². The molecule has 2 aliphatic rings. The first-order chi connectivity index (χ1) is 13.2. The molecule has 3 atom stereocenters. The first-order valence-corrected chi connectivity index (χ1v) is 9.24. The van der Waals surface area contributed by atoms with Gasteiger partial charge in [-0.1, -0.05) is 48.5 Å². The predicted molar refractivity (Wildman–Crippen MR) is 106 cm³/mol. The molecule has 0 saturated heterocycles. The number of nitrogens with one attached hydrogen (secondary N) is 1. The summed E-state index contributed by atoms with van der Waals surface area (Å²) in [6, 6.07) is 25.3. The molecule has 0 bridgehead atoms. The van der Waals surface area contributed by atoms with Gasteiger partial charge in [0, 0.05) is 16.8 Å². The third-order valence-electron chi connectivity index (χ3n) is 5.37. The minimum Gasteiger partial charge on any atom is -0.484 e. The van der Waals surface area contributed by atoms with Crippen LogP contribution in [0.5, 0.6) is 5.75 Å². The van der Waals surface area contributed by atoms with Crippen LogP contribution >= 0.6 is 0 Å². The molecule has 0 aromatic heterocycles. The number of hydrogen-bond donors (Lipinski definition) is 1. The van der Waals surface area contributed by atoms with E-state index in [1.165, 1.54) is 0 Å². The van der Waals surface area contributed by atoms with Gasteiger partial charge in [-0.3, -0.25) is 9.69 Å². The number of fused-ring (bicyclic) bond motifs is 4. The van der Waals surface area contributed by atoms with Gasteiger partial charge >= 0.3 is 0 Å². The summed E-state index contributed by atoms with van der Waals surface area (Å²) in [4.78, 5) is 15.5. The van der Waals surface area contributed by atoms with E-state index in [4.69, 9.17) is 4.74 Å². The van der Waals surface area contributed by atoms with Crippen LogP contribution in [-0.4, -0.2) is 18.1 Å². The van der Waals surface area contributed by atoms with Crippen LogP contribution in [0.15, 0.2) is 78.9 Å². The third kappa shape index (κ3) is 2.48. The van der Waals surface area contributed by atoms with Gasteiger partial charge in [0.05, 0.1) is 11.7 Å². The molecule has 1 N–H and O–H groups in total. The zero-order chi connectivity index (χ0) is 18.4. The molecule has 1 amide bonds. The second-order valence-corrected chi connectivity index (χ2v) is 7.06. The molecule has 0 radical (unpaired) electrons. The number of rotatable bonds is 1. The van der Waals surface area contributed by atoms with E-state index in [0.29, 0.717) is 5.56 Å². The number of amides is 1. The maximum absolute atomic E-state index is 13.6. The number of carbonyl (C=O) groups is 1. The van der Waals surface area contributed by atoms with Gasteiger partial charge in [0.25, 0.3) is 5.91 Å². The SMILES string of the molecule is C[C@H]1Nc2ccccc2[C@@H]2[C@H]1Oc1ccccc1N2C(=O)c1ccccc1. The van der Waals surface area contributed by atoms with Crippen LogP contribution in [0.3, 0.4) is 0 Å². The van der Waals surface area contributed by atoms with Crippen molar-refractivity contribution in [3.63, 3.8) is 0 Å². The summed E-state index contributed by atoms with van der Waals surface area (Å²) in [6.45, 7) is 2.10. The van der Waals surface area contributed by atoms with Crippen molar-refractivity contribution >= 4 is 17.3 Å². The summed E-state index contributed by atoms with van der Waals surface area (Å²) in [5.41, 5.74) is 3.63. The highest BCUT2D eigenvalue weighted by Gasteiger charge is 2.46. The Balaban J connectivity index is 1.71. The lowest BCUT2D eigenvalue weighted by molar-refractivity contribution is 0.0877. The highest BCUT2D eigenvalue weighted by molar-refractivity contribution is 6.08. The lowest BCUT2D eigenvalue weighted by atomic mass is 9.87. The monoisotopic (exact) mass is 356 g/mol. The Morgan fingerprint density at radius 2 is 1.63 bits per heavy atom. The van der Waals surface area contributed by atoms with Gasteiger partial charge in [0.2, 0.25) is 0 Å². The fourth-order valence-corrected chi connectivity index (χ4v) is 4.12. The Morgan fingerprint density at radius 1 is 0.926 bits per heavy atom. The Hall–Kier alpha value is -3.27. The van der Waals surface area contributed by atoms with Crippen LogP contribution < -0.4 is 15.0 Å². The number of anilines is 2. The molecule has 3 aromatic carbocycles. The van der Waals surface area contributed by atoms with Crippen LogP contribution in [0.25, 0.3) is 0 Å². The standard InChI is InChI=1S/C23H20N2O2/c1-15-22-21(17-11-5-6-12-18(17)24-15)25(19-13-7-8-14-20(19)27-22)23(26)16-9-3-2-4-10-16/h2-15,21-22,24H,1H3/t15-,21-,22+/m1/s1. The Morgan fingerprint density at radius 3 is 2.48 bits per heavy atom. The van der Waals surface area contributed by atoms with Crippen molar-refractivity contribution in [1.29, 1.82) is 0 Å². The largest absolute Gasteiger partial charge is 0.484 e. The number of benzene rings is 3. The molecule has 0 aliphatic carbocycles. The van der Waals surface area contributed by atoms with E-state index in [1.807, 2.05) is 71.6 Å². The highest BCUT2D eigenvalue weighted by Crippen LogP contribution is 2.47. The molecule has 134 valence electrons. The van der Waals surface area contributed by atoms with Gasteiger partial charge in [0.1, 0.15) is 17.9 Å². The number of para-hydroxylation sites is 3. The summed E-state index contributed by atoms with van der Waals surface area (Å²) in [6.07, 6.45) is -0.164. The number of nitrogens with zero attached hydrogens (tertiary/aromatic N) is 1. The molecule has 4 nitrogen and oxygen atoms in total. The predicted octanol–water partition coefficient (Wildman–Crippen LogP) is 4.65. The lowest BCUT2D eigenvalue weighted by Crippen LogP contribution is -2.54. The van der Waals surface area contributed by atoms with Crippen molar-refractivity contribution in [2.45, 2.75) is 25.1 Å². The van der Waals surface area contributed by atoms with Crippen LogP contribution in [-0.2, 0) is 0 Å². The van der Waals surface area contributed by atoms with E-state index in [2.05, 4.69) is 24.4 Å². The number of carbonyl (C=O) groups excluding carboxylic acids is 1. The quantitative estimate of drug-likeness (QED) is 0.690. The van der Waals surface area contributed by atoms with E-state index >= 15 is 0 Å². The van der Waals surface area contributed by atoms with Crippen molar-refractivity contribution < 1.29 is 9.53 Å². The van der Waals surface area contributed by atoms with Gasteiger partial charge in [-0.25, -0.2) is 0 Å². The summed E-state index contributed by atoms with van der Waals surface area (Å²) in [5, 5.41) is 3.53. The minimum atomic E-state index is -0.181. The second-order valence-electron chi connectivity index (χ2n) is 7.06. The summed E-state index contributed by atoms with van der Waals surface area (Å²) < 4.78 is 6.36. The van der Waals surface area contributed by atoms with Crippen LogP contribution in [0, 0.1) is 0 Å². The van der Waals surface area contributed by atoms with E-state index in [9.17, 15) is 4.79 Å². The normalized spacial score (nSPS) is 22.6. The maximum Gasteiger partial charge on any atom is 0.259 e. The van der Waals surface area contributed by atoms with Gasteiger partial charge < -0.3 is 10.1 Å². The average molecular weight is 356 g/mol. The molecule has 27 heavy (non-hydrogen) atoms. The van der Waals surface area contributed by atoms with E-state index in [0.717, 1.165) is 22.7 Å². The molecule has 2 heterocycles. The zero-order valence-corrected chi connectivity index (χ0v) is 15.0. The molecule has 3 aromatic rings. The highest BCUT2D eigenvalue weighted by atomic mass is 16.5. The van der Waals surface area contributed by atoms with E-state index in [-0.39, 0.29) is 24.1 Å². The van der Waals surface area contributed by atoms with Crippen LogP contribution in [0.2, 0.25) is 0 Å². The van der Waals surface area contributed by atoms with Crippen molar-refractivity contribution in [2.24, 2.45) is 0 Å². The molecule has 5 rings (SSSR count). The van der Waals surface area contributed by atoms with Crippen LogP contribution in [0.1, 0.15) is 28.9 Å². The van der Waals surface area contributed by atoms with E-state index in [1.54, 1.807) is 0 Å². The second kappa shape index (κ2) is 6.16. The minimum absolute atomic E-state index is 0.00902. The average Bonchev–Trinajstić information content (AvgIpc) is 2.72. The maximum atomic E-state index is 13.6. The summed E-state index contributed by atoms with van der Waals surface area (Å²) in [5.74, 6) is 0.737. The van der Waals surface area contributed by atoms with Gasteiger partial charge in [-0.05, 0) is 37.3 Å². The fraction of sp³-hybridized carbons (Fsp3) is 0.174. The topological polar surface area (TPSA) is 41.6 Å². The number of hydrogen-bond acceptors (Lipinski definition) is 3. The van der Waals surface area contributed by atoms with Gasteiger partial charge in [0.15, 0.2) is 0 Å². The molecular weight excluding hydrogens is 336 g/mol. The fourth-order valence-electron chi connectivity index (χ4n) is 4.12. The Bertz CT molecular complexity index is 1000. The smallest absolute Gasteiger partial charge is 0.259 e. The third-order valence-corrected chi connectivity index (χ3v) is 5.37. The summed E-state index contributed by atoms with van der Waals surface area (Å²) in [7, 11) is 0. The van der Waals surface area contributed by atoms with Crippen LogP contribution in [0.4, 0.5) is 11.4 Å². The molecule has 0 unspecified atom stereocenters. The Labute approximate surface area is 158 Å². The van der Waals surface area contributed by atoms with Crippen molar-refractivity contribution in [3.8, 4) is 5.75 Å². The summed E-state index contributed by atoms with van der Waals surface area (Å²) >= 11 is 0. The molecule has 0 saturated carbocycles. The van der Waals surface area contributed by atoms with Gasteiger partial charge in [-0.15, -0.1) is 0 Å². The first kappa shape index (κ1) is 15.9. The van der Waals surface area contributed by atoms with Gasteiger partial charge in [-0.2, -0.15) is 0 Å². The van der Waals surface area contributed by atoms with Crippen molar-refractivity contribution in [3.05, 3.63) is 90.0 Å². The molecule has 0 fully saturated rings.